The van der Waals surface area contributed by atoms with Gasteiger partial charge in [-0.3, -0.25) is 9.79 Å². The lowest BCUT2D eigenvalue weighted by Gasteiger charge is -2.22. The lowest BCUT2D eigenvalue weighted by molar-refractivity contribution is -0.129. The number of rotatable bonds is 9. The van der Waals surface area contributed by atoms with Crippen molar-refractivity contribution < 1.29 is 14.3 Å². The van der Waals surface area contributed by atoms with Crippen LogP contribution in [0.4, 0.5) is 0 Å². The summed E-state index contributed by atoms with van der Waals surface area (Å²) in [4.78, 5) is 20.9. The van der Waals surface area contributed by atoms with Gasteiger partial charge in [-0.1, -0.05) is 6.07 Å². The average Bonchev–Trinajstić information content (AvgIpc) is 3.26. The third kappa shape index (κ3) is 6.32. The van der Waals surface area contributed by atoms with Crippen LogP contribution in [0.1, 0.15) is 31.7 Å². The summed E-state index contributed by atoms with van der Waals surface area (Å²) in [5, 5.41) is 3.31. The van der Waals surface area contributed by atoms with Crippen LogP contribution in [-0.2, 0) is 11.2 Å². The molecule has 28 heavy (non-hydrogen) atoms. The summed E-state index contributed by atoms with van der Waals surface area (Å²) in [7, 11) is 5.30. The molecule has 0 radical (unpaired) electrons. The van der Waals surface area contributed by atoms with E-state index in [0.29, 0.717) is 13.0 Å². The van der Waals surface area contributed by atoms with Crippen LogP contribution in [0.3, 0.4) is 0 Å². The molecule has 1 aromatic carbocycles. The molecule has 1 aliphatic rings. The maximum Gasteiger partial charge on any atom is 0.224 e. The van der Waals surface area contributed by atoms with Crippen LogP contribution in [0.2, 0.25) is 0 Å². The number of benzene rings is 1. The largest absolute Gasteiger partial charge is 0.493 e. The minimum atomic E-state index is 0.213. The fraction of sp³-hybridized carbons (Fsp3) is 0.619. The summed E-state index contributed by atoms with van der Waals surface area (Å²) in [5.41, 5.74) is 1.17. The topological polar surface area (TPSA) is 66.4 Å². The van der Waals surface area contributed by atoms with Crippen LogP contribution in [0.25, 0.3) is 0 Å². The first kappa shape index (κ1) is 21.9. The number of carbonyl (C=O) groups is 1. The zero-order valence-corrected chi connectivity index (χ0v) is 17.7. The number of aliphatic imine (C=N–C) groups is 1. The van der Waals surface area contributed by atoms with Gasteiger partial charge in [0.15, 0.2) is 17.5 Å². The summed E-state index contributed by atoms with van der Waals surface area (Å²) >= 11 is 0. The van der Waals surface area contributed by atoms with Crippen molar-refractivity contribution in [2.24, 2.45) is 4.99 Å². The summed E-state index contributed by atoms with van der Waals surface area (Å²) < 4.78 is 10.7. The molecule has 0 atom stereocenters. The van der Waals surface area contributed by atoms with Crippen LogP contribution < -0.4 is 14.8 Å². The highest BCUT2D eigenvalue weighted by Crippen LogP contribution is 2.27. The smallest absolute Gasteiger partial charge is 0.224 e. The first-order valence-corrected chi connectivity index (χ1v) is 10.1. The van der Waals surface area contributed by atoms with Crippen molar-refractivity contribution in [2.45, 2.75) is 32.6 Å². The van der Waals surface area contributed by atoms with Crippen LogP contribution in [0.15, 0.2) is 23.2 Å². The Morgan fingerprint density at radius 3 is 2.57 bits per heavy atom. The predicted octanol–water partition coefficient (Wildman–Crippen LogP) is 2.16. The minimum absolute atomic E-state index is 0.213. The Kier molecular flexibility index (Phi) is 8.91. The monoisotopic (exact) mass is 390 g/mol. The number of nitrogens with one attached hydrogen (secondary N) is 1. The van der Waals surface area contributed by atoms with Crippen molar-refractivity contribution in [3.05, 3.63) is 23.8 Å². The van der Waals surface area contributed by atoms with E-state index in [1.54, 1.807) is 14.2 Å². The Balaban J connectivity index is 1.88. The Hall–Kier alpha value is -2.44. The molecular weight excluding hydrogens is 356 g/mol. The van der Waals surface area contributed by atoms with E-state index in [-0.39, 0.29) is 5.91 Å². The molecule has 156 valence electrons. The molecule has 0 unspecified atom stereocenters. The van der Waals surface area contributed by atoms with Gasteiger partial charge in [0.25, 0.3) is 0 Å². The van der Waals surface area contributed by atoms with Crippen molar-refractivity contribution in [3.63, 3.8) is 0 Å². The number of amides is 1. The summed E-state index contributed by atoms with van der Waals surface area (Å²) in [6, 6.07) is 5.98. The first-order chi connectivity index (χ1) is 13.6. The minimum Gasteiger partial charge on any atom is -0.493 e. The second kappa shape index (κ2) is 11.4. The normalized spacial score (nSPS) is 14.1. The molecule has 0 bridgehead atoms. The average molecular weight is 391 g/mol. The number of methoxy groups -OCH3 is 2. The molecular formula is C21H34N4O3. The van der Waals surface area contributed by atoms with E-state index in [2.05, 4.69) is 15.2 Å². The van der Waals surface area contributed by atoms with E-state index in [9.17, 15) is 4.79 Å². The van der Waals surface area contributed by atoms with Crippen LogP contribution >= 0.6 is 0 Å². The summed E-state index contributed by atoms with van der Waals surface area (Å²) in [6.45, 7) is 5.95. The Bertz CT molecular complexity index is 657. The van der Waals surface area contributed by atoms with Gasteiger partial charge >= 0.3 is 0 Å². The fourth-order valence-electron chi connectivity index (χ4n) is 3.29. The fourth-order valence-corrected chi connectivity index (χ4v) is 3.29. The zero-order chi connectivity index (χ0) is 20.4. The Morgan fingerprint density at radius 2 is 1.93 bits per heavy atom. The van der Waals surface area contributed by atoms with Gasteiger partial charge in [0.05, 0.1) is 20.8 Å². The molecule has 0 spiro atoms. The van der Waals surface area contributed by atoms with Gasteiger partial charge in [-0.25, -0.2) is 0 Å². The van der Waals surface area contributed by atoms with Gasteiger partial charge in [-0.2, -0.15) is 0 Å². The third-order valence-corrected chi connectivity index (χ3v) is 4.93. The van der Waals surface area contributed by atoms with E-state index in [4.69, 9.17) is 9.47 Å². The van der Waals surface area contributed by atoms with Crippen molar-refractivity contribution in [2.75, 3.05) is 54.0 Å². The molecule has 1 saturated heterocycles. The highest BCUT2D eigenvalue weighted by molar-refractivity contribution is 5.81. The number of hydrogen-bond acceptors (Lipinski definition) is 4. The van der Waals surface area contributed by atoms with Crippen molar-refractivity contribution in [1.29, 1.82) is 0 Å². The molecule has 7 heteroatoms. The number of hydrogen-bond donors (Lipinski definition) is 1. The number of nitrogens with zero attached hydrogens (tertiary/aromatic N) is 3. The Labute approximate surface area is 168 Å². The highest BCUT2D eigenvalue weighted by atomic mass is 16.5. The highest BCUT2D eigenvalue weighted by Gasteiger charge is 2.17. The van der Waals surface area contributed by atoms with Gasteiger partial charge in [0, 0.05) is 39.6 Å². The molecule has 7 nitrogen and oxygen atoms in total. The van der Waals surface area contributed by atoms with E-state index < -0.39 is 0 Å². The number of likely N-dealkylation sites (tertiary alicyclic amines) is 1. The molecule has 1 aliphatic heterocycles. The predicted molar refractivity (Wildman–Crippen MR) is 112 cm³/mol. The van der Waals surface area contributed by atoms with Crippen molar-refractivity contribution in [3.8, 4) is 11.5 Å². The number of ether oxygens (including phenoxy) is 2. The van der Waals surface area contributed by atoms with E-state index in [0.717, 1.165) is 62.9 Å². The first-order valence-electron chi connectivity index (χ1n) is 10.1. The maximum absolute atomic E-state index is 12.2. The second-order valence-corrected chi connectivity index (χ2v) is 6.93. The zero-order valence-electron chi connectivity index (χ0n) is 17.7. The molecule has 2 rings (SSSR count). The number of likely N-dealkylation sites (N-methyl/N-ethyl adjacent to an activating group) is 1. The van der Waals surface area contributed by atoms with Gasteiger partial charge < -0.3 is 24.6 Å². The molecule has 1 N–H and O–H groups in total. The lowest BCUT2D eigenvalue weighted by atomic mass is 10.1. The lowest BCUT2D eigenvalue weighted by Crippen LogP contribution is -2.40. The standard InChI is InChI=1S/C21H34N4O3/c1-5-22-21(23-12-10-20(26)25-13-6-7-14-25)24(2)15-11-17-8-9-18(27-3)19(16-17)28-4/h8-9,16H,5-7,10-15H2,1-4H3,(H,22,23). The van der Waals surface area contributed by atoms with Gasteiger partial charge in [-0.15, -0.1) is 0 Å². The van der Waals surface area contributed by atoms with E-state index >= 15 is 0 Å². The molecule has 1 fully saturated rings. The quantitative estimate of drug-likeness (QED) is 0.517. The summed E-state index contributed by atoms with van der Waals surface area (Å²) in [5.74, 6) is 2.52. The van der Waals surface area contributed by atoms with Crippen molar-refractivity contribution in [1.82, 2.24) is 15.1 Å². The van der Waals surface area contributed by atoms with Gasteiger partial charge in [0.2, 0.25) is 5.91 Å². The van der Waals surface area contributed by atoms with E-state index in [1.807, 2.05) is 37.1 Å². The Morgan fingerprint density at radius 1 is 1.21 bits per heavy atom. The van der Waals surface area contributed by atoms with Gasteiger partial charge in [0.1, 0.15) is 0 Å². The van der Waals surface area contributed by atoms with E-state index in [1.165, 1.54) is 5.56 Å². The SMILES string of the molecule is CCNC(=NCCC(=O)N1CCCC1)N(C)CCc1ccc(OC)c(OC)c1. The molecule has 1 aromatic rings. The molecule has 0 aromatic heterocycles. The molecule has 1 heterocycles. The van der Waals surface area contributed by atoms with Gasteiger partial charge in [-0.05, 0) is 43.9 Å². The molecule has 0 saturated carbocycles. The summed E-state index contributed by atoms with van der Waals surface area (Å²) in [6.07, 6.45) is 3.57. The maximum atomic E-state index is 12.2. The second-order valence-electron chi connectivity index (χ2n) is 6.93. The third-order valence-electron chi connectivity index (χ3n) is 4.93. The van der Waals surface area contributed by atoms with Crippen LogP contribution in [0.5, 0.6) is 11.5 Å². The molecule has 1 amide bonds. The number of carbonyl (C=O) groups excluding carboxylic acids is 1. The molecule has 0 aliphatic carbocycles. The van der Waals surface area contributed by atoms with Crippen molar-refractivity contribution >= 4 is 11.9 Å². The number of guanidine groups is 1. The van der Waals surface area contributed by atoms with Crippen LogP contribution in [0, 0.1) is 0 Å². The van der Waals surface area contributed by atoms with Crippen LogP contribution in [-0.4, -0.2) is 75.7 Å².